The predicted molar refractivity (Wildman–Crippen MR) is 126 cm³/mol. The van der Waals surface area contributed by atoms with Gasteiger partial charge in [-0.3, -0.25) is 19.2 Å². The predicted octanol–water partition coefficient (Wildman–Crippen LogP) is 2.92. The Labute approximate surface area is 193 Å². The van der Waals surface area contributed by atoms with Crippen molar-refractivity contribution in [2.75, 3.05) is 30.3 Å². The number of ether oxygens (including phenoxy) is 1. The van der Waals surface area contributed by atoms with E-state index in [4.69, 9.17) is 4.74 Å². The summed E-state index contributed by atoms with van der Waals surface area (Å²) in [5, 5.41) is 14.2. The Hall–Kier alpha value is -2.98. The summed E-state index contributed by atoms with van der Waals surface area (Å²) in [5.74, 6) is -0.479. The highest BCUT2D eigenvalue weighted by atomic mass is 32.2. The molecule has 2 aromatic rings. The van der Waals surface area contributed by atoms with E-state index in [1.54, 1.807) is 6.92 Å². The van der Waals surface area contributed by atoms with Crippen LogP contribution in [0.2, 0.25) is 0 Å². The molecular weight excluding hydrogens is 446 g/mol. The molecule has 0 saturated carbocycles. The number of rotatable bonds is 8. The first-order chi connectivity index (χ1) is 15.5. The van der Waals surface area contributed by atoms with Crippen molar-refractivity contribution >= 4 is 27.3 Å². The van der Waals surface area contributed by atoms with E-state index in [1.807, 2.05) is 30.3 Å². The lowest BCUT2D eigenvalue weighted by Crippen LogP contribution is -2.52. The van der Waals surface area contributed by atoms with Gasteiger partial charge in [0.05, 0.1) is 16.9 Å². The zero-order valence-electron chi connectivity index (χ0n) is 19.0. The number of hydrogen-bond donors (Lipinski definition) is 1. The van der Waals surface area contributed by atoms with Crippen molar-refractivity contribution in [2.24, 2.45) is 0 Å². The van der Waals surface area contributed by atoms with E-state index in [0.29, 0.717) is 25.3 Å². The summed E-state index contributed by atoms with van der Waals surface area (Å²) < 4.78 is 31.8. The molecule has 3 rings (SSSR count). The number of benzene rings is 2. The van der Waals surface area contributed by atoms with Gasteiger partial charge in [-0.2, -0.15) is 0 Å². The van der Waals surface area contributed by atoms with E-state index < -0.39 is 26.9 Å². The number of non-ortho nitro benzene ring substituents is 1. The van der Waals surface area contributed by atoms with Crippen molar-refractivity contribution in [3.63, 3.8) is 0 Å². The average molecular weight is 476 g/mol. The molecule has 0 aliphatic carbocycles. The number of sulfonamides is 1. The molecule has 0 bridgehead atoms. The van der Waals surface area contributed by atoms with Gasteiger partial charge in [0.25, 0.3) is 5.69 Å². The van der Waals surface area contributed by atoms with Gasteiger partial charge >= 0.3 is 0 Å². The molecule has 9 nitrogen and oxygen atoms in total. The molecule has 1 N–H and O–H groups in total. The molecule has 178 valence electrons. The Kier molecular flexibility index (Phi) is 7.38. The number of amides is 1. The van der Waals surface area contributed by atoms with Crippen molar-refractivity contribution in [3.8, 4) is 0 Å². The molecule has 1 aliphatic heterocycles. The van der Waals surface area contributed by atoms with E-state index in [2.05, 4.69) is 5.32 Å². The van der Waals surface area contributed by atoms with E-state index >= 15 is 0 Å². The second-order valence-corrected chi connectivity index (χ2v) is 10.3. The van der Waals surface area contributed by atoms with Crippen LogP contribution < -0.4 is 9.62 Å². The number of nitro benzene ring substituents is 1. The summed E-state index contributed by atoms with van der Waals surface area (Å²) in [6, 6.07) is 12.7. The van der Waals surface area contributed by atoms with Gasteiger partial charge in [0.2, 0.25) is 15.9 Å². The maximum atomic E-state index is 13.2. The number of carbonyl (C=O) groups excluding carboxylic acids is 1. The van der Waals surface area contributed by atoms with Crippen molar-refractivity contribution in [1.82, 2.24) is 5.32 Å². The lowest BCUT2D eigenvalue weighted by Gasteiger charge is -2.38. The number of anilines is 1. The molecule has 1 atom stereocenters. The SMILES string of the molecule is Cc1ccc([N+](=O)[O-])cc1N(C(C)C(=O)NCC1(c2ccccc2)CCOCC1)S(C)(=O)=O. The third kappa shape index (κ3) is 5.51. The third-order valence-corrected chi connectivity index (χ3v) is 7.39. The molecule has 1 fully saturated rings. The summed E-state index contributed by atoms with van der Waals surface area (Å²) in [7, 11) is -3.91. The lowest BCUT2D eigenvalue weighted by atomic mass is 9.74. The quantitative estimate of drug-likeness (QED) is 0.463. The number of carbonyl (C=O) groups is 1. The van der Waals surface area contributed by atoms with Crippen LogP contribution in [0.25, 0.3) is 0 Å². The van der Waals surface area contributed by atoms with E-state index in [0.717, 1.165) is 29.0 Å². The van der Waals surface area contributed by atoms with Crippen molar-refractivity contribution in [1.29, 1.82) is 0 Å². The minimum absolute atomic E-state index is 0.109. The van der Waals surface area contributed by atoms with Crippen LogP contribution in [-0.4, -0.2) is 51.3 Å². The van der Waals surface area contributed by atoms with Gasteiger partial charge in [-0.15, -0.1) is 0 Å². The van der Waals surface area contributed by atoms with Gasteiger partial charge in [0, 0.05) is 37.3 Å². The van der Waals surface area contributed by atoms with Crippen molar-refractivity contribution < 1.29 is 22.9 Å². The molecule has 1 aliphatic rings. The van der Waals surface area contributed by atoms with Gasteiger partial charge in [-0.05, 0) is 37.8 Å². The fourth-order valence-corrected chi connectivity index (χ4v) is 5.48. The van der Waals surface area contributed by atoms with Crippen LogP contribution in [0, 0.1) is 17.0 Å². The molecule has 2 aromatic carbocycles. The number of nitrogens with zero attached hydrogens (tertiary/aromatic N) is 2. The summed E-state index contributed by atoms with van der Waals surface area (Å²) in [6.07, 6.45) is 2.44. The molecule has 0 spiro atoms. The fraction of sp³-hybridized carbons (Fsp3) is 0.435. The van der Waals surface area contributed by atoms with Crippen LogP contribution >= 0.6 is 0 Å². The van der Waals surface area contributed by atoms with Crippen LogP contribution in [-0.2, 0) is 25.0 Å². The minimum Gasteiger partial charge on any atom is -0.381 e. The number of aryl methyl sites for hydroxylation is 1. The van der Waals surface area contributed by atoms with Crippen LogP contribution in [0.15, 0.2) is 48.5 Å². The number of nitrogens with one attached hydrogen (secondary N) is 1. The highest BCUT2D eigenvalue weighted by Gasteiger charge is 2.37. The molecule has 1 amide bonds. The lowest BCUT2D eigenvalue weighted by molar-refractivity contribution is -0.384. The van der Waals surface area contributed by atoms with E-state index in [9.17, 15) is 23.3 Å². The van der Waals surface area contributed by atoms with Crippen molar-refractivity contribution in [3.05, 3.63) is 69.8 Å². The summed E-state index contributed by atoms with van der Waals surface area (Å²) >= 11 is 0. The summed E-state index contributed by atoms with van der Waals surface area (Å²) in [5.41, 5.74) is 1.15. The van der Waals surface area contributed by atoms with Gasteiger partial charge in [0.15, 0.2) is 0 Å². The van der Waals surface area contributed by atoms with Gasteiger partial charge in [0.1, 0.15) is 6.04 Å². The fourth-order valence-electron chi connectivity index (χ4n) is 4.26. The maximum Gasteiger partial charge on any atom is 0.271 e. The molecule has 1 heterocycles. The molecule has 0 aromatic heterocycles. The van der Waals surface area contributed by atoms with Crippen LogP contribution in [0.3, 0.4) is 0 Å². The van der Waals surface area contributed by atoms with Gasteiger partial charge in [-0.25, -0.2) is 8.42 Å². The van der Waals surface area contributed by atoms with Crippen LogP contribution in [0.4, 0.5) is 11.4 Å². The summed E-state index contributed by atoms with van der Waals surface area (Å²) in [6.45, 7) is 4.60. The first-order valence-corrected chi connectivity index (χ1v) is 12.6. The molecular formula is C23H29N3O6S. The molecule has 1 saturated heterocycles. The largest absolute Gasteiger partial charge is 0.381 e. The second kappa shape index (κ2) is 9.88. The zero-order valence-corrected chi connectivity index (χ0v) is 19.8. The monoisotopic (exact) mass is 475 g/mol. The third-order valence-electron chi connectivity index (χ3n) is 6.17. The van der Waals surface area contributed by atoms with E-state index in [-0.39, 0.29) is 16.8 Å². The second-order valence-electron chi connectivity index (χ2n) is 8.44. The normalized spacial score (nSPS) is 16.6. The molecule has 1 unspecified atom stereocenters. The maximum absolute atomic E-state index is 13.2. The number of nitro groups is 1. The smallest absolute Gasteiger partial charge is 0.271 e. The highest BCUT2D eigenvalue weighted by molar-refractivity contribution is 7.92. The molecule has 33 heavy (non-hydrogen) atoms. The first kappa shape index (κ1) is 24.7. The molecule has 0 radical (unpaired) electrons. The minimum atomic E-state index is -3.91. The standard InChI is InChI=1S/C23H29N3O6S/c1-17-9-10-20(26(28)29)15-21(17)25(33(3,30)31)18(2)22(27)24-16-23(11-13-32-14-12-23)19-7-5-4-6-8-19/h4-10,15,18H,11-14,16H2,1-3H3,(H,24,27). The Morgan fingerprint density at radius 1 is 1.21 bits per heavy atom. The molecule has 10 heteroatoms. The van der Waals surface area contributed by atoms with Gasteiger partial charge < -0.3 is 10.1 Å². The average Bonchev–Trinajstić information content (AvgIpc) is 2.79. The first-order valence-electron chi connectivity index (χ1n) is 10.7. The van der Waals surface area contributed by atoms with Crippen molar-refractivity contribution in [2.45, 2.75) is 38.1 Å². The van der Waals surface area contributed by atoms with E-state index in [1.165, 1.54) is 25.1 Å². The Morgan fingerprint density at radius 3 is 2.42 bits per heavy atom. The Balaban J connectivity index is 1.87. The van der Waals surface area contributed by atoms with Crippen LogP contribution in [0.5, 0.6) is 0 Å². The topological polar surface area (TPSA) is 119 Å². The number of hydrogen-bond acceptors (Lipinski definition) is 6. The Bertz CT molecular complexity index is 1110. The highest BCUT2D eigenvalue weighted by Crippen LogP contribution is 2.34. The van der Waals surface area contributed by atoms with Crippen LogP contribution in [0.1, 0.15) is 30.9 Å². The summed E-state index contributed by atoms with van der Waals surface area (Å²) in [4.78, 5) is 23.8. The zero-order chi connectivity index (χ0) is 24.2. The Morgan fingerprint density at radius 2 is 1.85 bits per heavy atom. The van der Waals surface area contributed by atoms with Gasteiger partial charge in [-0.1, -0.05) is 36.4 Å².